The molecular weight excluding hydrogens is 345 g/mol. The van der Waals surface area contributed by atoms with Crippen LogP contribution in [0.5, 0.6) is 0 Å². The SMILES string of the molecule is [CH3][Sn]([CH3])([CH3])[O]C(=O)CCCc1c[nH]c2ccccc12. The van der Waals surface area contributed by atoms with E-state index in [-0.39, 0.29) is 5.97 Å². The molecule has 1 heterocycles. The first-order valence-corrected chi connectivity index (χ1v) is 16.5. The van der Waals surface area contributed by atoms with Crippen LogP contribution in [-0.4, -0.2) is 29.7 Å². The summed E-state index contributed by atoms with van der Waals surface area (Å²) in [6.07, 6.45) is 4.33. The van der Waals surface area contributed by atoms with Crippen LogP contribution in [0.3, 0.4) is 0 Å². The van der Waals surface area contributed by atoms with E-state index in [4.69, 9.17) is 3.07 Å². The number of nitrogens with one attached hydrogen (secondary N) is 1. The summed E-state index contributed by atoms with van der Waals surface area (Å²) in [4.78, 5) is 21.2. The summed E-state index contributed by atoms with van der Waals surface area (Å²) < 4.78 is 5.51. The van der Waals surface area contributed by atoms with Crippen molar-refractivity contribution < 1.29 is 7.87 Å². The number of aromatic amines is 1. The first kappa shape index (κ1) is 14.4. The van der Waals surface area contributed by atoms with Crippen molar-refractivity contribution >= 4 is 35.7 Å². The van der Waals surface area contributed by atoms with Gasteiger partial charge in [0.2, 0.25) is 0 Å². The molecular formula is C15H21NO2Sn. The zero-order valence-electron chi connectivity index (χ0n) is 11.8. The Labute approximate surface area is 118 Å². The summed E-state index contributed by atoms with van der Waals surface area (Å²) >= 11 is -2.42. The average molecular weight is 366 g/mol. The first-order chi connectivity index (χ1) is 8.96. The van der Waals surface area contributed by atoms with Gasteiger partial charge in [0.05, 0.1) is 0 Å². The van der Waals surface area contributed by atoms with E-state index in [1.54, 1.807) is 0 Å². The Balaban J connectivity index is 1.88. The molecule has 1 N–H and O–H groups in total. The summed E-state index contributed by atoms with van der Waals surface area (Å²) in [5, 5.41) is 1.26. The number of rotatable bonds is 5. The number of aromatic nitrogens is 1. The molecule has 4 heteroatoms. The standard InChI is InChI=1S/C12H13NO2.3CH3.Sn/c14-12(15)7-3-4-9-8-13-11-6-2-1-5-10(9)11;;;;/h1-2,5-6,8,13H,3-4,7H2,(H,14,15);3*1H3;/q;;;;+1/p-1. The second kappa shape index (κ2) is 5.99. The van der Waals surface area contributed by atoms with Gasteiger partial charge >= 0.3 is 119 Å². The number of hydrogen-bond donors (Lipinski definition) is 1. The predicted molar refractivity (Wildman–Crippen MR) is 80.7 cm³/mol. The number of para-hydroxylation sites is 1. The van der Waals surface area contributed by atoms with Gasteiger partial charge in [0.1, 0.15) is 0 Å². The molecule has 0 fully saturated rings. The maximum absolute atomic E-state index is 11.7. The van der Waals surface area contributed by atoms with E-state index in [1.165, 1.54) is 10.9 Å². The van der Waals surface area contributed by atoms with Gasteiger partial charge in [0, 0.05) is 0 Å². The number of H-pyrrole nitrogens is 1. The Hall–Kier alpha value is -0.971. The van der Waals surface area contributed by atoms with E-state index >= 15 is 0 Å². The first-order valence-electron chi connectivity index (χ1n) is 6.72. The molecule has 3 nitrogen and oxygen atoms in total. The number of carbonyl (C=O) groups excluding carboxylic acids is 1. The minimum absolute atomic E-state index is 0.0249. The fourth-order valence-corrected chi connectivity index (χ4v) is 4.39. The van der Waals surface area contributed by atoms with E-state index < -0.39 is 18.8 Å². The molecule has 1 aromatic carbocycles. The topological polar surface area (TPSA) is 42.1 Å². The van der Waals surface area contributed by atoms with E-state index in [1.807, 2.05) is 18.3 Å². The zero-order valence-corrected chi connectivity index (χ0v) is 14.7. The van der Waals surface area contributed by atoms with Gasteiger partial charge in [-0.25, -0.2) is 0 Å². The normalized spacial score (nSPS) is 11.7. The van der Waals surface area contributed by atoms with Crippen molar-refractivity contribution in [1.29, 1.82) is 0 Å². The molecule has 0 saturated heterocycles. The maximum atomic E-state index is 11.7. The second-order valence-electron chi connectivity index (χ2n) is 5.80. The van der Waals surface area contributed by atoms with Crippen molar-refractivity contribution in [3.05, 3.63) is 36.0 Å². The van der Waals surface area contributed by atoms with Crippen LogP contribution in [0.15, 0.2) is 30.5 Å². The van der Waals surface area contributed by atoms with Gasteiger partial charge in [0.15, 0.2) is 0 Å². The second-order valence-corrected chi connectivity index (χ2v) is 18.4. The number of benzene rings is 1. The fourth-order valence-electron chi connectivity index (χ4n) is 2.15. The predicted octanol–water partition coefficient (Wildman–Crippen LogP) is 3.87. The van der Waals surface area contributed by atoms with Crippen molar-refractivity contribution in [2.75, 3.05) is 0 Å². The Morgan fingerprint density at radius 1 is 1.26 bits per heavy atom. The van der Waals surface area contributed by atoms with E-state index in [0.717, 1.165) is 18.4 Å². The van der Waals surface area contributed by atoms with Crippen molar-refractivity contribution in [3.63, 3.8) is 0 Å². The fraction of sp³-hybridized carbons (Fsp3) is 0.400. The van der Waals surface area contributed by atoms with Crippen molar-refractivity contribution in [2.45, 2.75) is 34.1 Å². The van der Waals surface area contributed by atoms with Gasteiger partial charge in [-0.3, -0.25) is 0 Å². The molecule has 2 aromatic rings. The van der Waals surface area contributed by atoms with Crippen LogP contribution in [0.1, 0.15) is 18.4 Å². The van der Waals surface area contributed by atoms with Gasteiger partial charge in [-0.05, 0) is 0 Å². The molecule has 0 aliphatic carbocycles. The van der Waals surface area contributed by atoms with Gasteiger partial charge in [-0.1, -0.05) is 0 Å². The molecule has 0 bridgehead atoms. The van der Waals surface area contributed by atoms with Crippen LogP contribution in [0.4, 0.5) is 0 Å². The molecule has 102 valence electrons. The van der Waals surface area contributed by atoms with Gasteiger partial charge < -0.3 is 0 Å². The van der Waals surface area contributed by atoms with Crippen molar-refractivity contribution in [2.24, 2.45) is 0 Å². The molecule has 0 atom stereocenters. The third kappa shape index (κ3) is 4.27. The molecule has 0 radical (unpaired) electrons. The summed E-state index contributed by atoms with van der Waals surface area (Å²) in [6, 6.07) is 8.25. The van der Waals surface area contributed by atoms with Gasteiger partial charge in [0.25, 0.3) is 0 Å². The number of fused-ring (bicyclic) bond motifs is 1. The molecule has 19 heavy (non-hydrogen) atoms. The van der Waals surface area contributed by atoms with E-state index in [9.17, 15) is 4.79 Å². The third-order valence-corrected chi connectivity index (χ3v) is 5.32. The molecule has 0 unspecified atom stereocenters. The van der Waals surface area contributed by atoms with Gasteiger partial charge in [-0.15, -0.1) is 0 Å². The average Bonchev–Trinajstić information content (AvgIpc) is 2.70. The van der Waals surface area contributed by atoms with Crippen LogP contribution >= 0.6 is 0 Å². The van der Waals surface area contributed by atoms with Gasteiger partial charge in [-0.2, -0.15) is 0 Å². The Morgan fingerprint density at radius 3 is 2.74 bits per heavy atom. The number of hydrogen-bond acceptors (Lipinski definition) is 2. The Kier molecular flexibility index (Phi) is 4.55. The summed E-state index contributed by atoms with van der Waals surface area (Å²) in [7, 11) is 0. The molecule has 0 aliphatic heterocycles. The molecule has 0 saturated carbocycles. The van der Waals surface area contributed by atoms with Crippen LogP contribution < -0.4 is 0 Å². The number of aryl methyl sites for hydroxylation is 1. The van der Waals surface area contributed by atoms with E-state index in [0.29, 0.717) is 6.42 Å². The Bertz CT molecular complexity index is 569. The number of carbonyl (C=O) groups is 1. The van der Waals surface area contributed by atoms with Crippen LogP contribution in [-0.2, 0) is 14.3 Å². The van der Waals surface area contributed by atoms with E-state index in [2.05, 4.69) is 31.9 Å². The van der Waals surface area contributed by atoms with Crippen molar-refractivity contribution in [3.8, 4) is 0 Å². The molecule has 0 amide bonds. The Morgan fingerprint density at radius 2 is 2.00 bits per heavy atom. The van der Waals surface area contributed by atoms with Crippen LogP contribution in [0.25, 0.3) is 10.9 Å². The van der Waals surface area contributed by atoms with Crippen LogP contribution in [0, 0.1) is 0 Å². The third-order valence-electron chi connectivity index (χ3n) is 2.92. The molecule has 1 aromatic heterocycles. The quantitative estimate of drug-likeness (QED) is 0.817. The summed E-state index contributed by atoms with van der Waals surface area (Å²) in [5.41, 5.74) is 2.44. The van der Waals surface area contributed by atoms with Crippen molar-refractivity contribution in [1.82, 2.24) is 4.98 Å². The summed E-state index contributed by atoms with van der Waals surface area (Å²) in [5.74, 6) is -0.0249. The van der Waals surface area contributed by atoms with Crippen LogP contribution in [0.2, 0.25) is 14.8 Å². The summed E-state index contributed by atoms with van der Waals surface area (Å²) in [6.45, 7) is 0. The molecule has 0 aliphatic rings. The molecule has 0 spiro atoms. The monoisotopic (exact) mass is 367 g/mol. The zero-order chi connectivity index (χ0) is 13.9. The molecule has 2 rings (SSSR count). The minimum atomic E-state index is -2.42.